The summed E-state index contributed by atoms with van der Waals surface area (Å²) in [7, 11) is -1.94. The van der Waals surface area contributed by atoms with Crippen LogP contribution in [0.3, 0.4) is 0 Å². The normalized spacial score (nSPS) is 11.5. The van der Waals surface area contributed by atoms with Gasteiger partial charge in [0.15, 0.2) is 11.6 Å². The molecule has 0 bridgehead atoms. The lowest BCUT2D eigenvalue weighted by molar-refractivity contribution is 0.511. The van der Waals surface area contributed by atoms with E-state index in [9.17, 15) is 17.2 Å². The van der Waals surface area contributed by atoms with Crippen LogP contribution in [0.5, 0.6) is 0 Å². The molecule has 1 aromatic carbocycles. The zero-order chi connectivity index (χ0) is 12.9. The van der Waals surface area contributed by atoms with Crippen LogP contribution in [0.4, 0.5) is 14.5 Å². The molecule has 1 aromatic rings. The molecular formula is C10H14F2N2O2S. The van der Waals surface area contributed by atoms with Crippen molar-refractivity contribution in [2.24, 2.45) is 0 Å². The molecule has 0 aromatic heterocycles. The Bertz CT molecular complexity index is 477. The number of hydrogen-bond donors (Lipinski definition) is 2. The number of benzene rings is 1. The Morgan fingerprint density at radius 2 is 2.00 bits per heavy atom. The number of sulfonamides is 1. The molecule has 0 amide bonds. The lowest BCUT2D eigenvalue weighted by Crippen LogP contribution is -2.20. The molecule has 0 heterocycles. The third-order valence-electron chi connectivity index (χ3n) is 2.06. The van der Waals surface area contributed by atoms with Crippen molar-refractivity contribution in [2.45, 2.75) is 6.42 Å². The minimum absolute atomic E-state index is 0.149. The van der Waals surface area contributed by atoms with Gasteiger partial charge in [-0.3, -0.25) is 4.72 Å². The highest BCUT2D eigenvalue weighted by atomic mass is 32.2. The molecule has 0 aliphatic carbocycles. The fraction of sp³-hybridized carbons (Fsp3) is 0.400. The smallest absolute Gasteiger partial charge is 0.232 e. The minimum atomic E-state index is -3.64. The molecule has 0 aliphatic rings. The molecule has 0 spiro atoms. The summed E-state index contributed by atoms with van der Waals surface area (Å²) in [5, 5.41) is 2.80. The summed E-state index contributed by atoms with van der Waals surface area (Å²) in [6.07, 6.45) is 0.392. The van der Waals surface area contributed by atoms with Gasteiger partial charge in [-0.2, -0.15) is 0 Å². The standard InChI is InChI=1S/C10H14F2N2O2S/c1-13-6-3-7-17(15,16)14-9-5-2-4-8(11)10(9)12/h2,4-5,13-14H,3,6-7H2,1H3. The monoisotopic (exact) mass is 264 g/mol. The molecule has 96 valence electrons. The van der Waals surface area contributed by atoms with Gasteiger partial charge in [-0.25, -0.2) is 17.2 Å². The average Bonchev–Trinajstić information content (AvgIpc) is 2.25. The summed E-state index contributed by atoms with van der Waals surface area (Å²) in [6.45, 7) is 0.534. The van der Waals surface area contributed by atoms with Crippen LogP contribution in [0, 0.1) is 11.6 Å². The molecule has 0 atom stereocenters. The van der Waals surface area contributed by atoms with Crippen molar-refractivity contribution in [2.75, 3.05) is 24.1 Å². The summed E-state index contributed by atoms with van der Waals surface area (Å²) in [4.78, 5) is 0. The van der Waals surface area contributed by atoms with E-state index in [2.05, 4.69) is 5.32 Å². The maximum Gasteiger partial charge on any atom is 0.232 e. The molecule has 0 aliphatic heterocycles. The predicted octanol–water partition coefficient (Wildman–Crippen LogP) is 1.32. The first-order valence-electron chi connectivity index (χ1n) is 5.05. The van der Waals surface area contributed by atoms with Crippen LogP contribution in [-0.4, -0.2) is 27.8 Å². The first-order chi connectivity index (χ1) is 7.96. The van der Waals surface area contributed by atoms with Crippen molar-refractivity contribution < 1.29 is 17.2 Å². The molecule has 1 rings (SSSR count). The van der Waals surface area contributed by atoms with Gasteiger partial charge >= 0.3 is 0 Å². The second-order valence-electron chi connectivity index (χ2n) is 3.48. The quantitative estimate of drug-likeness (QED) is 0.762. The molecule has 0 saturated heterocycles. The Hall–Kier alpha value is -1.21. The molecule has 2 N–H and O–H groups in total. The number of nitrogens with one attached hydrogen (secondary N) is 2. The molecule has 0 radical (unpaired) electrons. The first-order valence-corrected chi connectivity index (χ1v) is 6.70. The molecule has 0 fully saturated rings. The van der Waals surface area contributed by atoms with Crippen LogP contribution in [-0.2, 0) is 10.0 Å². The van der Waals surface area contributed by atoms with Crippen LogP contribution in [0.25, 0.3) is 0 Å². The lowest BCUT2D eigenvalue weighted by atomic mass is 10.3. The van der Waals surface area contributed by atoms with E-state index in [4.69, 9.17) is 0 Å². The van der Waals surface area contributed by atoms with Crippen molar-refractivity contribution in [3.05, 3.63) is 29.8 Å². The van der Waals surface area contributed by atoms with Crippen LogP contribution in [0.1, 0.15) is 6.42 Å². The highest BCUT2D eigenvalue weighted by molar-refractivity contribution is 7.92. The van der Waals surface area contributed by atoms with Gasteiger partial charge in [0, 0.05) is 0 Å². The second-order valence-corrected chi connectivity index (χ2v) is 5.32. The van der Waals surface area contributed by atoms with Gasteiger partial charge in [0.25, 0.3) is 0 Å². The number of anilines is 1. The van der Waals surface area contributed by atoms with E-state index in [0.29, 0.717) is 13.0 Å². The van der Waals surface area contributed by atoms with E-state index in [-0.39, 0.29) is 11.4 Å². The Morgan fingerprint density at radius 3 is 2.65 bits per heavy atom. The van der Waals surface area contributed by atoms with Crippen LogP contribution < -0.4 is 10.0 Å². The fourth-order valence-electron chi connectivity index (χ4n) is 1.24. The Kier molecular flexibility index (Phi) is 4.83. The Balaban J connectivity index is 2.73. The topological polar surface area (TPSA) is 58.2 Å². The Labute approximate surface area is 99.1 Å². The largest absolute Gasteiger partial charge is 0.320 e. The van der Waals surface area contributed by atoms with Gasteiger partial charge in [-0.15, -0.1) is 0 Å². The maximum absolute atomic E-state index is 13.2. The zero-order valence-corrected chi connectivity index (χ0v) is 10.2. The highest BCUT2D eigenvalue weighted by Gasteiger charge is 2.14. The summed E-state index contributed by atoms with van der Waals surface area (Å²) >= 11 is 0. The summed E-state index contributed by atoms with van der Waals surface area (Å²) in [5.41, 5.74) is -0.366. The second kappa shape index (κ2) is 5.92. The van der Waals surface area contributed by atoms with Gasteiger partial charge in [-0.05, 0) is 32.1 Å². The summed E-state index contributed by atoms with van der Waals surface area (Å²) in [5.74, 6) is -2.42. The molecule has 7 heteroatoms. The predicted molar refractivity (Wildman–Crippen MR) is 62.3 cm³/mol. The van der Waals surface area contributed by atoms with Crippen molar-refractivity contribution in [1.29, 1.82) is 0 Å². The average molecular weight is 264 g/mol. The van der Waals surface area contributed by atoms with Gasteiger partial charge in [0.2, 0.25) is 10.0 Å². The van der Waals surface area contributed by atoms with Crippen LogP contribution >= 0.6 is 0 Å². The highest BCUT2D eigenvalue weighted by Crippen LogP contribution is 2.17. The third kappa shape index (κ3) is 4.27. The van der Waals surface area contributed by atoms with Crippen molar-refractivity contribution in [1.82, 2.24) is 5.32 Å². The van der Waals surface area contributed by atoms with Gasteiger partial charge in [0.1, 0.15) is 0 Å². The Morgan fingerprint density at radius 1 is 1.29 bits per heavy atom. The van der Waals surface area contributed by atoms with Crippen molar-refractivity contribution >= 4 is 15.7 Å². The third-order valence-corrected chi connectivity index (χ3v) is 3.41. The first kappa shape index (κ1) is 13.9. The lowest BCUT2D eigenvalue weighted by Gasteiger charge is -2.08. The molecule has 17 heavy (non-hydrogen) atoms. The van der Waals surface area contributed by atoms with Crippen LogP contribution in [0.2, 0.25) is 0 Å². The van der Waals surface area contributed by atoms with Gasteiger partial charge in [-0.1, -0.05) is 6.07 Å². The van der Waals surface area contributed by atoms with E-state index in [1.54, 1.807) is 7.05 Å². The van der Waals surface area contributed by atoms with Gasteiger partial charge in [0.05, 0.1) is 11.4 Å². The van der Waals surface area contributed by atoms with E-state index in [0.717, 1.165) is 6.07 Å². The summed E-state index contributed by atoms with van der Waals surface area (Å²) in [6, 6.07) is 3.34. The van der Waals surface area contributed by atoms with Crippen molar-refractivity contribution in [3.8, 4) is 0 Å². The number of hydrogen-bond acceptors (Lipinski definition) is 3. The SMILES string of the molecule is CNCCCS(=O)(=O)Nc1cccc(F)c1F. The van der Waals surface area contributed by atoms with Crippen LogP contribution in [0.15, 0.2) is 18.2 Å². The molecule has 4 nitrogen and oxygen atoms in total. The maximum atomic E-state index is 13.2. The number of halogens is 2. The summed E-state index contributed by atoms with van der Waals surface area (Å²) < 4.78 is 51.1. The molecule has 0 unspecified atom stereocenters. The van der Waals surface area contributed by atoms with E-state index < -0.39 is 21.7 Å². The zero-order valence-electron chi connectivity index (χ0n) is 9.33. The van der Waals surface area contributed by atoms with E-state index in [1.807, 2.05) is 4.72 Å². The van der Waals surface area contributed by atoms with E-state index >= 15 is 0 Å². The number of rotatable bonds is 6. The minimum Gasteiger partial charge on any atom is -0.320 e. The fourth-order valence-corrected chi connectivity index (χ4v) is 2.36. The van der Waals surface area contributed by atoms with Crippen molar-refractivity contribution in [3.63, 3.8) is 0 Å². The molecular weight excluding hydrogens is 250 g/mol. The van der Waals surface area contributed by atoms with E-state index in [1.165, 1.54) is 12.1 Å². The molecule has 0 saturated carbocycles. The van der Waals surface area contributed by atoms with Gasteiger partial charge < -0.3 is 5.32 Å².